The molecule has 0 radical (unpaired) electrons. The van der Waals surface area contributed by atoms with Gasteiger partial charge in [-0.05, 0) is 37.5 Å². The molecule has 0 rings (SSSR count). The molecule has 0 aliphatic rings. The van der Waals surface area contributed by atoms with Crippen LogP contribution in [0, 0.1) is 11.8 Å². The van der Waals surface area contributed by atoms with Crippen molar-refractivity contribution >= 4 is 39.5 Å². The molecule has 0 spiro atoms. The van der Waals surface area contributed by atoms with Gasteiger partial charge in [0.2, 0.25) is 0 Å². The van der Waals surface area contributed by atoms with Gasteiger partial charge in [-0.25, -0.2) is 9.13 Å². The molecular weight excluding hydrogens is 1390 g/mol. The number of esters is 4. The Balaban J connectivity index is 5.20. The fraction of sp³-hybridized carbons (Fsp3) is 0.955. The molecule has 636 valence electrons. The quantitative estimate of drug-likeness (QED) is 0.0222. The summed E-state index contributed by atoms with van der Waals surface area (Å²) < 4.78 is 68.9. The molecular formula is C88H172O17P2. The predicted molar refractivity (Wildman–Crippen MR) is 442 cm³/mol. The number of phosphoric acid groups is 2. The Bertz CT molecular complexity index is 2050. The van der Waals surface area contributed by atoms with Crippen LogP contribution in [0.1, 0.15) is 472 Å². The van der Waals surface area contributed by atoms with E-state index in [1.54, 1.807) is 0 Å². The van der Waals surface area contributed by atoms with Crippen molar-refractivity contribution in [3.63, 3.8) is 0 Å². The number of rotatable bonds is 87. The van der Waals surface area contributed by atoms with Gasteiger partial charge in [0.15, 0.2) is 12.2 Å². The summed E-state index contributed by atoms with van der Waals surface area (Å²) in [5.41, 5.74) is 0. The second-order valence-corrected chi connectivity index (χ2v) is 35.5. The number of carbonyl (C=O) groups excluding carboxylic acids is 4. The Labute approximate surface area is 658 Å². The van der Waals surface area contributed by atoms with Crippen molar-refractivity contribution in [2.75, 3.05) is 39.6 Å². The van der Waals surface area contributed by atoms with Gasteiger partial charge in [-0.1, -0.05) is 420 Å². The monoisotopic (exact) mass is 1560 g/mol. The van der Waals surface area contributed by atoms with Gasteiger partial charge in [-0.2, -0.15) is 0 Å². The molecule has 107 heavy (non-hydrogen) atoms. The number of hydrogen-bond donors (Lipinski definition) is 3. The molecule has 0 amide bonds. The lowest BCUT2D eigenvalue weighted by molar-refractivity contribution is -0.161. The summed E-state index contributed by atoms with van der Waals surface area (Å²) in [5, 5.41) is 10.7. The molecule has 0 aromatic heterocycles. The van der Waals surface area contributed by atoms with Crippen molar-refractivity contribution in [1.82, 2.24) is 0 Å². The topological polar surface area (TPSA) is 237 Å². The summed E-state index contributed by atoms with van der Waals surface area (Å²) in [6, 6.07) is 0. The zero-order valence-corrected chi connectivity index (χ0v) is 72.2. The summed E-state index contributed by atoms with van der Waals surface area (Å²) in [5.74, 6) is -0.638. The first kappa shape index (κ1) is 105. The fourth-order valence-electron chi connectivity index (χ4n) is 13.8. The van der Waals surface area contributed by atoms with E-state index in [2.05, 4.69) is 41.5 Å². The van der Waals surface area contributed by atoms with Crippen LogP contribution in [-0.2, 0) is 65.4 Å². The van der Waals surface area contributed by atoms with Crippen molar-refractivity contribution in [1.29, 1.82) is 0 Å². The van der Waals surface area contributed by atoms with E-state index in [9.17, 15) is 43.2 Å². The molecule has 0 bridgehead atoms. The Morgan fingerprint density at radius 2 is 0.430 bits per heavy atom. The van der Waals surface area contributed by atoms with Gasteiger partial charge in [0.25, 0.3) is 0 Å². The van der Waals surface area contributed by atoms with Gasteiger partial charge in [0.05, 0.1) is 26.4 Å². The van der Waals surface area contributed by atoms with Crippen LogP contribution in [0.25, 0.3) is 0 Å². The van der Waals surface area contributed by atoms with Crippen LogP contribution in [0.2, 0.25) is 0 Å². The number of carbonyl (C=O) groups is 4. The molecule has 2 unspecified atom stereocenters. The number of phosphoric ester groups is 2. The van der Waals surface area contributed by atoms with Crippen molar-refractivity contribution in [3.05, 3.63) is 0 Å². The fourth-order valence-corrected chi connectivity index (χ4v) is 15.4. The van der Waals surface area contributed by atoms with Crippen molar-refractivity contribution in [3.8, 4) is 0 Å². The summed E-state index contributed by atoms with van der Waals surface area (Å²) in [7, 11) is -9.93. The molecule has 0 aliphatic carbocycles. The van der Waals surface area contributed by atoms with E-state index in [4.69, 9.17) is 37.0 Å². The first-order valence-electron chi connectivity index (χ1n) is 45.5. The molecule has 0 saturated heterocycles. The smallest absolute Gasteiger partial charge is 0.462 e. The maximum Gasteiger partial charge on any atom is 0.472 e. The van der Waals surface area contributed by atoms with E-state index >= 15 is 0 Å². The molecule has 0 saturated carbocycles. The van der Waals surface area contributed by atoms with Crippen LogP contribution in [0.15, 0.2) is 0 Å². The molecule has 3 N–H and O–H groups in total. The first-order valence-corrected chi connectivity index (χ1v) is 48.5. The predicted octanol–water partition coefficient (Wildman–Crippen LogP) is 27.0. The maximum absolute atomic E-state index is 13.2. The lowest BCUT2D eigenvalue weighted by Crippen LogP contribution is -2.30. The third-order valence-electron chi connectivity index (χ3n) is 20.7. The van der Waals surface area contributed by atoms with Gasteiger partial charge in [-0.15, -0.1) is 0 Å². The Hall–Kier alpha value is -1.94. The standard InChI is InChI=1S/C88H172O17P2/c1-7-9-11-13-15-17-19-21-23-25-27-29-31-33-35-39-43-47-51-58-64-70-85(90)98-76-83(104-87(92)72-66-60-52-48-44-40-36-34-32-30-28-26-24-22-20-18-16-14-12-10-8-2)78-102-106(94,95)100-74-82(89)75-101-107(96,97)103-79-84(77-99-86(91)71-65-59-55-54-57-63-69-81(5)6)105-88(93)73-67-61-53-49-45-41-37-38-42-46-50-56-62-68-80(3)4/h80-84,89H,7-79H2,1-6H3,(H,94,95)(H,96,97)/t82-,83-,84-/m1/s1. The van der Waals surface area contributed by atoms with E-state index in [0.717, 1.165) is 102 Å². The highest BCUT2D eigenvalue weighted by atomic mass is 31.2. The Kier molecular flexibility index (Phi) is 77.9. The van der Waals surface area contributed by atoms with Crippen LogP contribution in [0.5, 0.6) is 0 Å². The SMILES string of the molecule is CCCCCCCCCCCCCCCCCCCCCCCC(=O)OC[C@H](COP(=O)(O)OC[C@@H](O)COP(=O)(O)OC[C@@H](COC(=O)CCCCCCCCC(C)C)OC(=O)CCCCCCCCCCCCCCCC(C)C)OC(=O)CCCCCCCCCCCCCCCCCCCCCCC. The van der Waals surface area contributed by atoms with E-state index in [1.165, 1.54) is 283 Å². The molecule has 17 nitrogen and oxygen atoms in total. The average Bonchev–Trinajstić information content (AvgIpc) is 0.904. The van der Waals surface area contributed by atoms with Crippen LogP contribution in [0.3, 0.4) is 0 Å². The third-order valence-corrected chi connectivity index (χ3v) is 22.6. The zero-order chi connectivity index (χ0) is 78.5. The highest BCUT2D eigenvalue weighted by Crippen LogP contribution is 2.45. The van der Waals surface area contributed by atoms with Crippen LogP contribution < -0.4 is 0 Å². The number of unbranched alkanes of at least 4 members (excludes halogenated alkanes) is 57. The summed E-state index contributed by atoms with van der Waals surface area (Å²) in [4.78, 5) is 73.2. The third kappa shape index (κ3) is 81.9. The number of aliphatic hydroxyl groups excluding tert-OH is 1. The number of ether oxygens (including phenoxy) is 4. The minimum atomic E-state index is -4.97. The minimum Gasteiger partial charge on any atom is -0.462 e. The van der Waals surface area contributed by atoms with E-state index in [-0.39, 0.29) is 25.7 Å². The van der Waals surface area contributed by atoms with Crippen LogP contribution >= 0.6 is 15.6 Å². The molecule has 5 atom stereocenters. The second-order valence-electron chi connectivity index (χ2n) is 32.6. The summed E-state index contributed by atoms with van der Waals surface area (Å²) in [6.45, 7) is 9.61. The van der Waals surface area contributed by atoms with Gasteiger partial charge >= 0.3 is 39.5 Å². The van der Waals surface area contributed by atoms with Crippen LogP contribution in [0.4, 0.5) is 0 Å². The van der Waals surface area contributed by atoms with E-state index < -0.39 is 97.5 Å². The lowest BCUT2D eigenvalue weighted by atomic mass is 10.0. The second kappa shape index (κ2) is 79.3. The molecule has 0 fully saturated rings. The maximum atomic E-state index is 13.2. The molecule has 0 aliphatic heterocycles. The Morgan fingerprint density at radius 1 is 0.252 bits per heavy atom. The largest absolute Gasteiger partial charge is 0.472 e. The first-order chi connectivity index (χ1) is 51.9. The number of aliphatic hydroxyl groups is 1. The summed E-state index contributed by atoms with van der Waals surface area (Å²) in [6.07, 6.45) is 72.6. The van der Waals surface area contributed by atoms with E-state index in [1.807, 2.05) is 0 Å². The van der Waals surface area contributed by atoms with Crippen molar-refractivity contribution in [2.24, 2.45) is 11.8 Å². The zero-order valence-electron chi connectivity index (χ0n) is 70.5. The molecule has 19 heteroatoms. The minimum absolute atomic E-state index is 0.107. The van der Waals surface area contributed by atoms with Gasteiger partial charge in [-0.3, -0.25) is 37.3 Å². The average molecular weight is 1560 g/mol. The van der Waals surface area contributed by atoms with Crippen molar-refractivity contribution < 1.29 is 80.2 Å². The number of hydrogen-bond acceptors (Lipinski definition) is 15. The highest BCUT2D eigenvalue weighted by Gasteiger charge is 2.30. The van der Waals surface area contributed by atoms with Crippen LogP contribution in [-0.4, -0.2) is 96.7 Å². The van der Waals surface area contributed by atoms with Crippen molar-refractivity contribution in [2.45, 2.75) is 490 Å². The Morgan fingerprint density at radius 3 is 0.636 bits per heavy atom. The highest BCUT2D eigenvalue weighted by molar-refractivity contribution is 7.47. The van der Waals surface area contributed by atoms with Gasteiger partial charge in [0, 0.05) is 25.7 Å². The molecule has 0 aromatic rings. The van der Waals surface area contributed by atoms with Gasteiger partial charge < -0.3 is 33.8 Å². The molecule has 0 aromatic carbocycles. The van der Waals surface area contributed by atoms with E-state index in [0.29, 0.717) is 31.6 Å². The molecule has 0 heterocycles. The summed E-state index contributed by atoms with van der Waals surface area (Å²) >= 11 is 0. The normalized spacial score (nSPS) is 13.8. The lowest BCUT2D eigenvalue weighted by Gasteiger charge is -2.21. The van der Waals surface area contributed by atoms with Gasteiger partial charge in [0.1, 0.15) is 19.3 Å².